The van der Waals surface area contributed by atoms with Crippen LogP contribution in [0.4, 0.5) is 0 Å². The van der Waals surface area contributed by atoms with E-state index in [0.29, 0.717) is 0 Å². The fourth-order valence-electron chi connectivity index (χ4n) is 3.18. The van der Waals surface area contributed by atoms with E-state index >= 15 is 0 Å². The third-order valence-electron chi connectivity index (χ3n) is 4.37. The number of hydrogen-bond acceptors (Lipinski definition) is 4. The smallest absolute Gasteiger partial charge is 0.0801 e. The molecule has 0 spiro atoms. The summed E-state index contributed by atoms with van der Waals surface area (Å²) in [7, 11) is 0. The molecule has 0 amide bonds. The molecule has 0 saturated heterocycles. The van der Waals surface area contributed by atoms with Crippen LogP contribution in [0, 0.1) is 0 Å². The summed E-state index contributed by atoms with van der Waals surface area (Å²) < 4.78 is 0. The molecule has 2 aliphatic heterocycles. The fourth-order valence-corrected chi connectivity index (χ4v) is 5.81. The van der Waals surface area contributed by atoms with Gasteiger partial charge in [-0.2, -0.15) is 0 Å². The molecule has 22 heavy (non-hydrogen) atoms. The third-order valence-corrected chi connectivity index (χ3v) is 7.06. The van der Waals surface area contributed by atoms with Crippen molar-refractivity contribution in [2.24, 2.45) is 0 Å². The first-order valence-electron chi connectivity index (χ1n) is 7.71. The number of aliphatic hydroxyl groups is 2. The van der Waals surface area contributed by atoms with Gasteiger partial charge in [0, 0.05) is 19.6 Å². The van der Waals surface area contributed by atoms with Crippen molar-refractivity contribution < 1.29 is 10.2 Å². The summed E-state index contributed by atoms with van der Waals surface area (Å²) in [6, 6.07) is 12.4. The van der Waals surface area contributed by atoms with E-state index in [-0.39, 0.29) is 0 Å². The summed E-state index contributed by atoms with van der Waals surface area (Å²) >= 11 is 3.45. The number of aliphatic hydroxyl groups excluding tert-OH is 2. The molecule has 0 saturated carbocycles. The minimum absolute atomic E-state index is 0.410. The second-order valence-electron chi connectivity index (χ2n) is 5.87. The quantitative estimate of drug-likeness (QED) is 0.612. The molecule has 0 radical (unpaired) electrons. The molecule has 2 heterocycles. The monoisotopic (exact) mass is 330 g/mol. The maximum Gasteiger partial charge on any atom is 0.0801 e. The Kier molecular flexibility index (Phi) is 3.95. The summed E-state index contributed by atoms with van der Waals surface area (Å²) in [6.45, 7) is 0. The molecule has 0 aromatic heterocycles. The highest BCUT2D eigenvalue weighted by Gasteiger charge is 2.26. The van der Waals surface area contributed by atoms with Crippen molar-refractivity contribution in [3.8, 4) is 0 Å². The lowest BCUT2D eigenvalue weighted by Crippen LogP contribution is -2.03. The largest absolute Gasteiger partial charge is 0.388 e. The highest BCUT2D eigenvalue weighted by Crippen LogP contribution is 2.53. The van der Waals surface area contributed by atoms with Crippen molar-refractivity contribution in [2.75, 3.05) is 0 Å². The molecule has 2 aromatic carbocycles. The first-order chi connectivity index (χ1) is 10.7. The highest BCUT2D eigenvalue weighted by atomic mass is 32.2. The normalized spacial score (nSPS) is 23.7. The van der Waals surface area contributed by atoms with Gasteiger partial charge >= 0.3 is 0 Å². The number of benzene rings is 2. The molecule has 0 fully saturated rings. The van der Waals surface area contributed by atoms with Gasteiger partial charge in [0.1, 0.15) is 0 Å². The predicted octanol–water partition coefficient (Wildman–Crippen LogP) is 4.94. The first-order valence-corrected chi connectivity index (χ1v) is 9.35. The maximum atomic E-state index is 10.5. The zero-order valence-corrected chi connectivity index (χ0v) is 13.8. The van der Waals surface area contributed by atoms with Gasteiger partial charge in [0.15, 0.2) is 0 Å². The van der Waals surface area contributed by atoms with E-state index in [9.17, 15) is 10.2 Å². The molecule has 2 aromatic rings. The van der Waals surface area contributed by atoms with E-state index in [2.05, 4.69) is 12.1 Å². The van der Waals surface area contributed by atoms with Gasteiger partial charge in [0.25, 0.3) is 0 Å². The average molecular weight is 330 g/mol. The van der Waals surface area contributed by atoms with Crippen molar-refractivity contribution in [2.45, 2.75) is 57.5 Å². The van der Waals surface area contributed by atoms with Gasteiger partial charge in [-0.3, -0.25) is 0 Å². The lowest BCUT2D eigenvalue weighted by molar-refractivity contribution is 0.144. The van der Waals surface area contributed by atoms with E-state index in [0.717, 1.165) is 46.6 Å². The minimum Gasteiger partial charge on any atom is -0.388 e. The Morgan fingerprint density at radius 2 is 1.23 bits per heavy atom. The summed E-state index contributed by atoms with van der Waals surface area (Å²) in [5, 5.41) is 21.1. The summed E-state index contributed by atoms with van der Waals surface area (Å²) in [5.41, 5.74) is 2.07. The molecule has 4 rings (SSSR count). The van der Waals surface area contributed by atoms with Crippen LogP contribution in [0.3, 0.4) is 0 Å². The van der Waals surface area contributed by atoms with Gasteiger partial charge < -0.3 is 10.2 Å². The van der Waals surface area contributed by atoms with Crippen LogP contribution in [0.2, 0.25) is 0 Å². The van der Waals surface area contributed by atoms with Gasteiger partial charge in [-0.1, -0.05) is 60.6 Å². The van der Waals surface area contributed by atoms with Crippen LogP contribution in [0.15, 0.2) is 56.0 Å². The van der Waals surface area contributed by atoms with Crippen LogP contribution >= 0.6 is 23.5 Å². The van der Waals surface area contributed by atoms with Gasteiger partial charge in [0.2, 0.25) is 0 Å². The van der Waals surface area contributed by atoms with Crippen LogP contribution in [-0.4, -0.2) is 10.2 Å². The summed E-state index contributed by atoms with van der Waals surface area (Å²) in [5.74, 6) is 0. The molecule has 2 N–H and O–H groups in total. The van der Waals surface area contributed by atoms with Gasteiger partial charge in [-0.05, 0) is 36.1 Å². The number of rotatable bonds is 0. The molecular weight excluding hydrogens is 312 g/mol. The van der Waals surface area contributed by atoms with Gasteiger partial charge in [0.05, 0.1) is 12.2 Å². The highest BCUT2D eigenvalue weighted by molar-refractivity contribution is 8.05. The Bertz CT molecular complexity index is 655. The molecule has 2 aliphatic rings. The maximum absolute atomic E-state index is 10.5. The average Bonchev–Trinajstić information content (AvgIpc) is 2.56. The second-order valence-corrected chi connectivity index (χ2v) is 7.97. The van der Waals surface area contributed by atoms with Crippen LogP contribution in [0.1, 0.15) is 49.0 Å². The van der Waals surface area contributed by atoms with Crippen LogP contribution in [0.5, 0.6) is 0 Å². The molecule has 114 valence electrons. The summed E-state index contributed by atoms with van der Waals surface area (Å²) in [4.78, 5) is 4.74. The Labute approximate surface area is 139 Å². The minimum atomic E-state index is -0.410. The molecule has 0 aliphatic carbocycles. The van der Waals surface area contributed by atoms with Crippen molar-refractivity contribution in [3.63, 3.8) is 0 Å². The lowest BCUT2D eigenvalue weighted by Gasteiger charge is -2.25. The van der Waals surface area contributed by atoms with E-state index in [1.165, 1.54) is 9.79 Å². The Balaban J connectivity index is 1.90. The first kappa shape index (κ1) is 14.6. The molecule has 2 nitrogen and oxygen atoms in total. The fraction of sp³-hybridized carbons (Fsp3) is 0.333. The van der Waals surface area contributed by atoms with E-state index in [1.807, 2.05) is 24.3 Å². The summed E-state index contributed by atoms with van der Waals surface area (Å²) in [6.07, 6.45) is 2.58. The molecule has 2 bridgehead atoms. The van der Waals surface area contributed by atoms with E-state index < -0.39 is 12.2 Å². The molecule has 2 unspecified atom stereocenters. The van der Waals surface area contributed by atoms with Gasteiger partial charge in [-0.25, -0.2) is 0 Å². The zero-order chi connectivity index (χ0) is 15.1. The Hall–Kier alpha value is -0.940. The van der Waals surface area contributed by atoms with Crippen LogP contribution < -0.4 is 0 Å². The Morgan fingerprint density at radius 3 is 1.73 bits per heavy atom. The number of hydrogen-bond donors (Lipinski definition) is 2. The second kappa shape index (κ2) is 5.93. The van der Waals surface area contributed by atoms with Crippen LogP contribution in [-0.2, 0) is 0 Å². The van der Waals surface area contributed by atoms with Crippen LogP contribution in [0.25, 0.3) is 0 Å². The van der Waals surface area contributed by atoms with Crippen molar-refractivity contribution in [3.05, 3.63) is 47.5 Å². The van der Waals surface area contributed by atoms with Crippen molar-refractivity contribution >= 4 is 23.5 Å². The molecule has 4 heteroatoms. The topological polar surface area (TPSA) is 40.5 Å². The molecule has 2 atom stereocenters. The van der Waals surface area contributed by atoms with Crippen molar-refractivity contribution in [1.82, 2.24) is 0 Å². The predicted molar refractivity (Wildman–Crippen MR) is 89.5 cm³/mol. The lowest BCUT2D eigenvalue weighted by atomic mass is 10.00. The van der Waals surface area contributed by atoms with Gasteiger partial charge in [-0.15, -0.1) is 0 Å². The van der Waals surface area contributed by atoms with E-state index in [1.54, 1.807) is 23.5 Å². The zero-order valence-electron chi connectivity index (χ0n) is 12.2. The SMILES string of the molecule is OC1CCCCC(O)c2cccc3c2Sc2c(cccc21)S3. The third kappa shape index (κ3) is 2.48. The standard InChI is InChI=1S/C18H18O2S2/c19-13-7-1-2-8-14(20)12-6-4-10-16-18(12)22-17-11(13)5-3-9-15(17)21-16/h3-6,9-10,13-14,19-20H,1-2,7-8H2. The Morgan fingerprint density at radius 1 is 0.727 bits per heavy atom. The van der Waals surface area contributed by atoms with Crippen molar-refractivity contribution in [1.29, 1.82) is 0 Å². The van der Waals surface area contributed by atoms with E-state index in [4.69, 9.17) is 0 Å². The molecular formula is C18H18O2S2.